The molecule has 0 amide bonds. The quantitative estimate of drug-likeness (QED) is 0.446. The highest BCUT2D eigenvalue weighted by Gasteiger charge is 2.37. The fourth-order valence-corrected chi connectivity index (χ4v) is 5.74. The molecule has 4 nitrogen and oxygen atoms in total. The second-order valence-electron chi connectivity index (χ2n) is 7.75. The molecular weight excluding hydrogens is 411 g/mol. The molecule has 0 fully saturated rings. The highest BCUT2D eigenvalue weighted by molar-refractivity contribution is 7.89. The third kappa shape index (κ3) is 3.38. The Hall–Kier alpha value is -3.22. The lowest BCUT2D eigenvalue weighted by Crippen LogP contribution is -2.34. The molecule has 1 aromatic heterocycles. The van der Waals surface area contributed by atoms with E-state index in [1.807, 2.05) is 73.8 Å². The first-order valence-electron chi connectivity index (χ1n) is 10.0. The van der Waals surface area contributed by atoms with Crippen LogP contribution in [0.15, 0.2) is 96.0 Å². The molecule has 156 valence electrons. The topological polar surface area (TPSA) is 42.3 Å². The summed E-state index contributed by atoms with van der Waals surface area (Å²) in [7, 11) is -3.92. The van der Waals surface area contributed by atoms with Gasteiger partial charge in [-0.1, -0.05) is 48.0 Å². The van der Waals surface area contributed by atoms with Crippen LogP contribution in [0.5, 0.6) is 0 Å². The zero-order valence-electron chi connectivity index (χ0n) is 16.9. The average molecular weight is 433 g/mol. The molecule has 1 aliphatic heterocycles. The van der Waals surface area contributed by atoms with Crippen molar-refractivity contribution in [3.8, 4) is 5.69 Å². The van der Waals surface area contributed by atoms with E-state index >= 15 is 0 Å². The maximum absolute atomic E-state index is 13.8. The second-order valence-corrected chi connectivity index (χ2v) is 9.64. The van der Waals surface area contributed by atoms with Crippen LogP contribution >= 0.6 is 0 Å². The van der Waals surface area contributed by atoms with Gasteiger partial charge in [-0.2, -0.15) is 4.31 Å². The van der Waals surface area contributed by atoms with Gasteiger partial charge < -0.3 is 4.57 Å². The van der Waals surface area contributed by atoms with Crippen molar-refractivity contribution in [2.75, 3.05) is 0 Å². The van der Waals surface area contributed by atoms with Crippen molar-refractivity contribution in [1.82, 2.24) is 8.87 Å². The molecule has 0 saturated heterocycles. The van der Waals surface area contributed by atoms with Gasteiger partial charge in [-0.15, -0.1) is 0 Å². The van der Waals surface area contributed by atoms with Crippen LogP contribution in [0.4, 0.5) is 4.39 Å². The minimum atomic E-state index is -3.92. The summed E-state index contributed by atoms with van der Waals surface area (Å²) in [5, 5.41) is 0. The van der Waals surface area contributed by atoms with Gasteiger partial charge in [0, 0.05) is 24.1 Å². The lowest BCUT2D eigenvalue weighted by molar-refractivity contribution is 0.353. The molecule has 0 unspecified atom stereocenters. The molecule has 1 aliphatic rings. The summed E-state index contributed by atoms with van der Waals surface area (Å²) in [6, 6.07) is 24.1. The largest absolute Gasteiger partial charge is 0.319 e. The standard InChI is InChI=1S/C25H21FN2O2S/c1-18-8-10-19(11-9-18)25-24-7-4-16-27(24)23-6-3-2-5-20(23)17-28(25)31(29,30)22-14-12-21(26)13-15-22/h2-16,25H,17H2,1H3/t25-/m0/s1. The van der Waals surface area contributed by atoms with Gasteiger partial charge >= 0.3 is 0 Å². The minimum absolute atomic E-state index is 0.0727. The van der Waals surface area contributed by atoms with Crippen molar-refractivity contribution in [2.24, 2.45) is 0 Å². The number of rotatable bonds is 3. The average Bonchev–Trinajstić information content (AvgIpc) is 3.19. The first-order valence-corrected chi connectivity index (χ1v) is 11.5. The van der Waals surface area contributed by atoms with Crippen LogP contribution in [0.25, 0.3) is 5.69 Å². The number of nitrogens with zero attached hydrogens (tertiary/aromatic N) is 2. The van der Waals surface area contributed by atoms with E-state index in [0.29, 0.717) is 0 Å². The van der Waals surface area contributed by atoms with Crippen LogP contribution in [-0.4, -0.2) is 17.3 Å². The number of para-hydroxylation sites is 1. The van der Waals surface area contributed by atoms with Crippen molar-refractivity contribution in [3.05, 3.63) is 119 Å². The number of fused-ring (bicyclic) bond motifs is 3. The Morgan fingerprint density at radius 1 is 0.871 bits per heavy atom. The molecule has 2 heterocycles. The molecule has 0 aliphatic carbocycles. The molecule has 0 N–H and O–H groups in total. The smallest absolute Gasteiger partial charge is 0.244 e. The monoisotopic (exact) mass is 432 g/mol. The number of benzene rings is 3. The van der Waals surface area contributed by atoms with E-state index in [1.165, 1.54) is 28.6 Å². The van der Waals surface area contributed by atoms with Crippen LogP contribution in [0.2, 0.25) is 0 Å². The maximum atomic E-state index is 13.8. The first kappa shape index (κ1) is 19.7. The Labute approximate surface area is 181 Å². The summed E-state index contributed by atoms with van der Waals surface area (Å²) in [6.45, 7) is 2.21. The van der Waals surface area contributed by atoms with Gasteiger partial charge in [0.15, 0.2) is 0 Å². The molecule has 1 atom stereocenters. The lowest BCUT2D eigenvalue weighted by atomic mass is 10.0. The van der Waals surface area contributed by atoms with Gasteiger partial charge in [-0.25, -0.2) is 12.8 Å². The molecule has 31 heavy (non-hydrogen) atoms. The number of hydrogen-bond acceptors (Lipinski definition) is 2. The van der Waals surface area contributed by atoms with E-state index in [-0.39, 0.29) is 11.4 Å². The summed E-state index contributed by atoms with van der Waals surface area (Å²) >= 11 is 0. The Balaban J connectivity index is 1.76. The first-order chi connectivity index (χ1) is 14.9. The summed E-state index contributed by atoms with van der Waals surface area (Å²) < 4.78 is 44.7. The molecule has 5 rings (SSSR count). The number of hydrogen-bond donors (Lipinski definition) is 0. The Kier molecular flexibility index (Phi) is 4.76. The summed E-state index contributed by atoms with van der Waals surface area (Å²) in [6.07, 6.45) is 1.96. The van der Waals surface area contributed by atoms with Gasteiger partial charge in [0.25, 0.3) is 0 Å². The molecule has 4 aromatic rings. The van der Waals surface area contributed by atoms with E-state index in [2.05, 4.69) is 4.57 Å². The molecule has 0 bridgehead atoms. The van der Waals surface area contributed by atoms with Gasteiger partial charge in [0.05, 0.1) is 10.9 Å². The zero-order chi connectivity index (χ0) is 21.6. The van der Waals surface area contributed by atoms with Crippen LogP contribution in [0.3, 0.4) is 0 Å². The van der Waals surface area contributed by atoms with Crippen molar-refractivity contribution in [3.63, 3.8) is 0 Å². The molecule has 0 saturated carbocycles. The number of aromatic nitrogens is 1. The predicted molar refractivity (Wildman–Crippen MR) is 118 cm³/mol. The van der Waals surface area contributed by atoms with Crippen molar-refractivity contribution in [1.29, 1.82) is 0 Å². The summed E-state index contributed by atoms with van der Waals surface area (Å²) in [5.74, 6) is -0.468. The van der Waals surface area contributed by atoms with E-state index in [0.717, 1.165) is 28.1 Å². The highest BCUT2D eigenvalue weighted by Crippen LogP contribution is 2.39. The highest BCUT2D eigenvalue weighted by atomic mass is 32.2. The molecule has 3 aromatic carbocycles. The molecule has 0 radical (unpaired) electrons. The zero-order valence-corrected chi connectivity index (χ0v) is 17.8. The third-order valence-electron chi connectivity index (χ3n) is 5.74. The van der Waals surface area contributed by atoms with Gasteiger partial charge in [-0.05, 0) is 60.5 Å². The lowest BCUT2D eigenvalue weighted by Gasteiger charge is -2.30. The second kappa shape index (κ2) is 7.48. The van der Waals surface area contributed by atoms with E-state index in [4.69, 9.17) is 0 Å². The predicted octanol–water partition coefficient (Wildman–Crippen LogP) is 5.22. The van der Waals surface area contributed by atoms with Gasteiger partial charge in [0.2, 0.25) is 10.0 Å². The minimum Gasteiger partial charge on any atom is -0.319 e. The maximum Gasteiger partial charge on any atom is 0.244 e. The van der Waals surface area contributed by atoms with Crippen LogP contribution in [0, 0.1) is 12.7 Å². The fourth-order valence-electron chi connectivity index (χ4n) is 4.17. The van der Waals surface area contributed by atoms with Crippen LogP contribution in [0.1, 0.15) is 28.4 Å². The van der Waals surface area contributed by atoms with E-state index < -0.39 is 21.9 Å². The number of sulfonamides is 1. The normalized spacial score (nSPS) is 16.4. The van der Waals surface area contributed by atoms with Crippen molar-refractivity contribution in [2.45, 2.75) is 24.4 Å². The summed E-state index contributed by atoms with van der Waals surface area (Å²) in [5.41, 5.74) is 4.70. The molecule has 6 heteroatoms. The SMILES string of the molecule is Cc1ccc([C@H]2c3cccn3-c3ccccc3CN2S(=O)(=O)c2ccc(F)cc2)cc1. The molecular formula is C25H21FN2O2S. The van der Waals surface area contributed by atoms with E-state index in [9.17, 15) is 12.8 Å². The van der Waals surface area contributed by atoms with Gasteiger partial charge in [0.1, 0.15) is 5.82 Å². The van der Waals surface area contributed by atoms with Crippen LogP contribution in [-0.2, 0) is 16.6 Å². The van der Waals surface area contributed by atoms with Gasteiger partial charge in [-0.3, -0.25) is 0 Å². The fraction of sp³-hybridized carbons (Fsp3) is 0.120. The summed E-state index contributed by atoms with van der Waals surface area (Å²) in [4.78, 5) is 0.0727. The number of halogens is 1. The van der Waals surface area contributed by atoms with Crippen molar-refractivity contribution < 1.29 is 12.8 Å². The molecule has 0 spiro atoms. The van der Waals surface area contributed by atoms with Crippen LogP contribution < -0.4 is 0 Å². The third-order valence-corrected chi connectivity index (χ3v) is 7.56. The van der Waals surface area contributed by atoms with Crippen molar-refractivity contribution >= 4 is 10.0 Å². The Bertz CT molecular complexity index is 1340. The number of aryl methyl sites for hydroxylation is 1. The van der Waals surface area contributed by atoms with E-state index in [1.54, 1.807) is 0 Å². The Morgan fingerprint density at radius 3 is 2.32 bits per heavy atom. The Morgan fingerprint density at radius 2 is 1.58 bits per heavy atom.